The van der Waals surface area contributed by atoms with Gasteiger partial charge in [-0.2, -0.15) is 0 Å². The number of hydrogen-bond acceptors (Lipinski definition) is 5. The molecule has 0 bridgehead atoms. The highest BCUT2D eigenvalue weighted by molar-refractivity contribution is 6.95. The van der Waals surface area contributed by atoms with Crippen molar-refractivity contribution in [2.75, 3.05) is 0 Å². The Morgan fingerprint density at radius 2 is 1.40 bits per heavy atom. The van der Waals surface area contributed by atoms with E-state index < -0.39 is 34.6 Å². The van der Waals surface area contributed by atoms with Crippen LogP contribution in [0.4, 0.5) is 19.2 Å². The Bertz CT molecular complexity index is 393. The van der Waals surface area contributed by atoms with Gasteiger partial charge in [0.25, 0.3) is 17.6 Å². The van der Waals surface area contributed by atoms with Crippen LogP contribution in [-0.2, 0) is 4.74 Å². The molecule has 0 aliphatic rings. The molecular weight excluding hydrogens is 268 g/mol. The predicted octanol–water partition coefficient (Wildman–Crippen LogP) is 1.15. The lowest BCUT2D eigenvalue weighted by molar-refractivity contribution is -0.00527. The summed E-state index contributed by atoms with van der Waals surface area (Å²) in [4.78, 5) is 43.4. The van der Waals surface area contributed by atoms with Crippen LogP contribution in [0.2, 0.25) is 0 Å². The highest BCUT2D eigenvalue weighted by Gasteiger charge is 2.42. The third-order valence-corrected chi connectivity index (χ3v) is 2.79. The highest BCUT2D eigenvalue weighted by atomic mass is 16.6. The molecular formula is C10H15B2NO7. The van der Waals surface area contributed by atoms with Crippen molar-refractivity contribution in [1.82, 2.24) is 5.32 Å². The van der Waals surface area contributed by atoms with Crippen molar-refractivity contribution in [1.29, 1.82) is 0 Å². The summed E-state index contributed by atoms with van der Waals surface area (Å²) in [6, 6.07) is 0. The van der Waals surface area contributed by atoms with Gasteiger partial charge in [0.2, 0.25) is 0 Å². The van der Waals surface area contributed by atoms with Crippen molar-refractivity contribution >= 4 is 38.0 Å². The molecule has 0 saturated carbocycles. The number of carbonyl (C=O) groups excluding carboxylic acids is 2. The van der Waals surface area contributed by atoms with Gasteiger partial charge < -0.3 is 20.3 Å². The minimum atomic E-state index is -1.45. The number of amides is 1. The second-order valence-corrected chi connectivity index (χ2v) is 5.01. The topological polar surface area (TPSA) is 130 Å². The molecule has 0 fully saturated rings. The normalized spacial score (nSPS) is 11.2. The molecule has 2 radical (unpaired) electrons. The van der Waals surface area contributed by atoms with Gasteiger partial charge in [0.15, 0.2) is 5.81 Å². The Labute approximate surface area is 117 Å². The number of rotatable bonds is 7. The monoisotopic (exact) mass is 283 g/mol. The molecule has 20 heavy (non-hydrogen) atoms. The summed E-state index contributed by atoms with van der Waals surface area (Å²) >= 11 is 0. The average molecular weight is 283 g/mol. The molecule has 0 aromatic heterocycles. The predicted molar refractivity (Wildman–Crippen MR) is 70.7 cm³/mol. The molecule has 0 aromatic rings. The Hall–Kier alpha value is -1.99. The van der Waals surface area contributed by atoms with Crippen molar-refractivity contribution < 1.29 is 34.1 Å². The Balaban J connectivity index is 4.79. The van der Waals surface area contributed by atoms with E-state index in [0.29, 0.717) is 14.6 Å². The van der Waals surface area contributed by atoms with Crippen LogP contribution in [0.1, 0.15) is 27.7 Å². The van der Waals surface area contributed by atoms with E-state index >= 15 is 0 Å². The Morgan fingerprint density at radius 1 is 0.950 bits per heavy atom. The van der Waals surface area contributed by atoms with Gasteiger partial charge in [0, 0.05) is 0 Å². The standard InChI is InChI=1S/C10H15B2NO7/c1-9(2,13-5(14)11-6(15)16)10(3,4)20-8(19)12-7(17)18/h1-4H3,(H,13,14)(H,15,16)(H,17,18). The molecule has 0 rings (SSSR count). The lowest BCUT2D eigenvalue weighted by Gasteiger charge is -2.41. The van der Waals surface area contributed by atoms with E-state index in [2.05, 4.69) is 5.32 Å². The summed E-state index contributed by atoms with van der Waals surface area (Å²) in [7, 11) is 0.784. The van der Waals surface area contributed by atoms with Gasteiger partial charge in [-0.15, -0.1) is 0 Å². The van der Waals surface area contributed by atoms with Crippen LogP contribution >= 0.6 is 0 Å². The molecule has 0 aliphatic carbocycles. The van der Waals surface area contributed by atoms with Crippen LogP contribution in [0.3, 0.4) is 0 Å². The summed E-state index contributed by atoms with van der Waals surface area (Å²) in [6.45, 7) is 5.94. The zero-order chi connectivity index (χ0) is 16.1. The summed E-state index contributed by atoms with van der Waals surface area (Å²) < 4.78 is 4.97. The van der Waals surface area contributed by atoms with E-state index in [0.717, 1.165) is 0 Å². The van der Waals surface area contributed by atoms with Crippen LogP contribution in [0.15, 0.2) is 0 Å². The van der Waals surface area contributed by atoms with E-state index in [1.54, 1.807) is 0 Å². The maximum Gasteiger partial charge on any atom is 0.405 e. The first-order chi connectivity index (χ1) is 8.87. The summed E-state index contributed by atoms with van der Waals surface area (Å²) in [6.07, 6.45) is 0. The van der Waals surface area contributed by atoms with Crippen LogP contribution in [0.25, 0.3) is 0 Å². The summed E-state index contributed by atoms with van der Waals surface area (Å²) in [5.74, 6) is -4.81. The van der Waals surface area contributed by atoms with Gasteiger partial charge in [-0.25, -0.2) is 0 Å². The van der Waals surface area contributed by atoms with Gasteiger partial charge in [-0.1, -0.05) is 0 Å². The highest BCUT2D eigenvalue weighted by Crippen LogP contribution is 2.25. The number of hydrogen-bond donors (Lipinski definition) is 3. The lowest BCUT2D eigenvalue weighted by atomic mass is 9.75. The molecule has 1 amide bonds. The van der Waals surface area contributed by atoms with E-state index in [4.69, 9.17) is 14.9 Å². The number of ether oxygens (including phenoxy) is 1. The van der Waals surface area contributed by atoms with Gasteiger partial charge in [-0.3, -0.25) is 19.2 Å². The molecule has 108 valence electrons. The maximum atomic E-state index is 11.4. The molecule has 0 heterocycles. The smallest absolute Gasteiger partial charge is 0.405 e. The fourth-order valence-corrected chi connectivity index (χ4v) is 1.12. The van der Waals surface area contributed by atoms with Crippen molar-refractivity contribution in [2.24, 2.45) is 0 Å². The van der Waals surface area contributed by atoms with Crippen molar-refractivity contribution in [3.63, 3.8) is 0 Å². The quantitative estimate of drug-likeness (QED) is 0.597. The zero-order valence-corrected chi connectivity index (χ0v) is 11.6. The van der Waals surface area contributed by atoms with Crippen molar-refractivity contribution in [3.05, 3.63) is 0 Å². The first kappa shape index (κ1) is 18.0. The molecule has 8 nitrogen and oxygen atoms in total. The summed E-state index contributed by atoms with van der Waals surface area (Å²) in [5, 5.41) is 19.3. The third kappa shape index (κ3) is 5.77. The maximum absolute atomic E-state index is 11.4. The number of carbonyl (C=O) groups is 4. The Morgan fingerprint density at radius 3 is 1.80 bits per heavy atom. The van der Waals surface area contributed by atoms with Crippen LogP contribution in [0, 0.1) is 0 Å². The van der Waals surface area contributed by atoms with E-state index in [1.807, 2.05) is 0 Å². The van der Waals surface area contributed by atoms with Crippen molar-refractivity contribution in [3.8, 4) is 0 Å². The largest absolute Gasteiger partial charge is 0.489 e. The fraction of sp³-hybridized carbons (Fsp3) is 0.600. The van der Waals surface area contributed by atoms with E-state index in [-0.39, 0.29) is 0 Å². The number of carboxylic acid groups (broad SMARTS) is 2. The van der Waals surface area contributed by atoms with Gasteiger partial charge in [-0.05, 0) is 27.7 Å². The average Bonchev–Trinajstić information content (AvgIpc) is 2.10. The third-order valence-electron chi connectivity index (χ3n) is 2.79. The molecule has 0 aliphatic heterocycles. The molecule has 0 aromatic carbocycles. The second-order valence-electron chi connectivity index (χ2n) is 5.01. The van der Waals surface area contributed by atoms with Crippen molar-refractivity contribution in [2.45, 2.75) is 38.8 Å². The van der Waals surface area contributed by atoms with Crippen LogP contribution < -0.4 is 5.32 Å². The van der Waals surface area contributed by atoms with E-state index in [1.165, 1.54) is 27.7 Å². The molecule has 0 unspecified atom stereocenters. The van der Waals surface area contributed by atoms with Crippen LogP contribution in [-0.4, -0.2) is 59.3 Å². The minimum Gasteiger partial charge on any atom is -0.489 e. The molecule has 3 N–H and O–H groups in total. The summed E-state index contributed by atoms with van der Waals surface area (Å²) in [5.41, 5.74) is -2.39. The zero-order valence-electron chi connectivity index (χ0n) is 11.6. The minimum absolute atomic E-state index is 0.350. The van der Waals surface area contributed by atoms with Gasteiger partial charge in [0.1, 0.15) is 5.60 Å². The first-order valence-corrected chi connectivity index (χ1v) is 5.58. The fourth-order valence-electron chi connectivity index (χ4n) is 1.12. The molecule has 0 spiro atoms. The molecule has 0 saturated heterocycles. The van der Waals surface area contributed by atoms with Crippen LogP contribution in [0.5, 0.6) is 0 Å². The SMILES string of the molecule is CC(C)(NC(=O)[B]C(=O)O)C(C)(C)OC(=O)[B]C(=O)O. The first-order valence-electron chi connectivity index (χ1n) is 5.58. The molecule has 10 heteroatoms. The second kappa shape index (κ2) is 6.44. The number of nitrogens with one attached hydrogen (secondary N) is 1. The molecule has 0 atom stereocenters. The van der Waals surface area contributed by atoms with E-state index in [9.17, 15) is 19.2 Å². The van der Waals surface area contributed by atoms with Gasteiger partial charge in [0.05, 0.1) is 5.54 Å². The Kier molecular flexibility index (Phi) is 5.80. The van der Waals surface area contributed by atoms with Gasteiger partial charge >= 0.3 is 14.6 Å². The lowest BCUT2D eigenvalue weighted by Crippen LogP contribution is -2.60.